The predicted molar refractivity (Wildman–Crippen MR) is 115 cm³/mol. The first kappa shape index (κ1) is 22.3. The van der Waals surface area contributed by atoms with E-state index in [4.69, 9.17) is 4.74 Å². The minimum absolute atomic E-state index is 0.000788. The van der Waals surface area contributed by atoms with E-state index >= 15 is 0 Å². The van der Waals surface area contributed by atoms with Crippen LogP contribution in [0.3, 0.4) is 0 Å². The standard InChI is InChI=1S/C23H31N3O3/c1-6-12-25(23(28)19-9-7-11-21(14-19)29-5)17-22(27)26(15-18(2)3)16-20-10-8-13-24(20)4/h6-11,13-14,18H,1,12,15-17H2,2-5H3. The van der Waals surface area contributed by atoms with Gasteiger partial charge in [0.05, 0.1) is 13.7 Å². The van der Waals surface area contributed by atoms with Gasteiger partial charge in [0, 0.05) is 37.6 Å². The fourth-order valence-electron chi connectivity index (χ4n) is 3.13. The second kappa shape index (κ2) is 10.5. The van der Waals surface area contributed by atoms with Gasteiger partial charge < -0.3 is 19.1 Å². The summed E-state index contributed by atoms with van der Waals surface area (Å²) in [6.45, 7) is 9.32. The smallest absolute Gasteiger partial charge is 0.254 e. The molecule has 0 bridgehead atoms. The van der Waals surface area contributed by atoms with E-state index in [0.29, 0.717) is 36.9 Å². The molecule has 156 valence electrons. The second-order valence-corrected chi connectivity index (χ2v) is 7.48. The van der Waals surface area contributed by atoms with Crippen LogP contribution < -0.4 is 4.74 Å². The van der Waals surface area contributed by atoms with Crippen LogP contribution >= 0.6 is 0 Å². The molecule has 0 radical (unpaired) electrons. The summed E-state index contributed by atoms with van der Waals surface area (Å²) in [6, 6.07) is 10.9. The Hall–Kier alpha value is -3.02. The van der Waals surface area contributed by atoms with E-state index in [2.05, 4.69) is 20.4 Å². The zero-order valence-electron chi connectivity index (χ0n) is 17.8. The maximum Gasteiger partial charge on any atom is 0.254 e. The molecule has 2 amide bonds. The van der Waals surface area contributed by atoms with Crippen molar-refractivity contribution in [1.29, 1.82) is 0 Å². The van der Waals surface area contributed by atoms with Crippen molar-refractivity contribution in [3.63, 3.8) is 0 Å². The Morgan fingerprint density at radius 1 is 1.21 bits per heavy atom. The van der Waals surface area contributed by atoms with Crippen LogP contribution in [-0.4, -0.2) is 52.9 Å². The number of methoxy groups -OCH3 is 1. The monoisotopic (exact) mass is 397 g/mol. The number of hydrogen-bond acceptors (Lipinski definition) is 3. The average Bonchev–Trinajstić information content (AvgIpc) is 3.10. The minimum Gasteiger partial charge on any atom is -0.497 e. The molecule has 2 aromatic rings. The summed E-state index contributed by atoms with van der Waals surface area (Å²) in [5.41, 5.74) is 1.53. The van der Waals surface area contributed by atoms with Gasteiger partial charge in [0.15, 0.2) is 0 Å². The van der Waals surface area contributed by atoms with Gasteiger partial charge in [0.2, 0.25) is 5.91 Å². The van der Waals surface area contributed by atoms with Crippen LogP contribution in [-0.2, 0) is 18.4 Å². The SMILES string of the molecule is C=CCN(CC(=O)N(Cc1cccn1C)CC(C)C)C(=O)c1cccc(OC)c1. The van der Waals surface area contributed by atoms with Gasteiger partial charge in [-0.1, -0.05) is 26.0 Å². The van der Waals surface area contributed by atoms with Crippen molar-refractivity contribution in [2.45, 2.75) is 20.4 Å². The first-order valence-corrected chi connectivity index (χ1v) is 9.78. The lowest BCUT2D eigenvalue weighted by Gasteiger charge is -2.28. The second-order valence-electron chi connectivity index (χ2n) is 7.48. The number of amides is 2. The van der Waals surface area contributed by atoms with Crippen molar-refractivity contribution in [2.75, 3.05) is 26.7 Å². The summed E-state index contributed by atoms with van der Waals surface area (Å²) in [5.74, 6) is 0.616. The molecule has 0 aliphatic heterocycles. The zero-order chi connectivity index (χ0) is 21.4. The lowest BCUT2D eigenvalue weighted by Crippen LogP contribution is -2.44. The molecule has 0 saturated carbocycles. The highest BCUT2D eigenvalue weighted by atomic mass is 16.5. The van der Waals surface area contributed by atoms with Crippen molar-refractivity contribution in [2.24, 2.45) is 13.0 Å². The van der Waals surface area contributed by atoms with Gasteiger partial charge in [-0.05, 0) is 36.2 Å². The van der Waals surface area contributed by atoms with Crippen molar-refractivity contribution < 1.29 is 14.3 Å². The van der Waals surface area contributed by atoms with Crippen molar-refractivity contribution >= 4 is 11.8 Å². The first-order chi connectivity index (χ1) is 13.8. The summed E-state index contributed by atoms with van der Waals surface area (Å²) in [6.07, 6.45) is 3.60. The van der Waals surface area contributed by atoms with Crippen LogP contribution in [0.4, 0.5) is 0 Å². The lowest BCUT2D eigenvalue weighted by atomic mass is 10.1. The van der Waals surface area contributed by atoms with E-state index in [9.17, 15) is 9.59 Å². The molecular weight excluding hydrogens is 366 g/mol. The molecular formula is C23H31N3O3. The summed E-state index contributed by atoms with van der Waals surface area (Å²) in [7, 11) is 3.52. The lowest BCUT2D eigenvalue weighted by molar-refractivity contribution is -0.133. The van der Waals surface area contributed by atoms with Crippen LogP contribution in [0.15, 0.2) is 55.3 Å². The van der Waals surface area contributed by atoms with E-state index in [1.54, 1.807) is 37.5 Å². The van der Waals surface area contributed by atoms with Crippen LogP contribution in [0.25, 0.3) is 0 Å². The number of benzene rings is 1. The molecule has 0 aliphatic rings. The third-order valence-corrected chi connectivity index (χ3v) is 4.62. The molecule has 2 rings (SSSR count). The largest absolute Gasteiger partial charge is 0.497 e. The Kier molecular flexibility index (Phi) is 8.07. The number of nitrogens with zero attached hydrogens (tertiary/aromatic N) is 3. The Balaban J connectivity index is 2.18. The Morgan fingerprint density at radius 2 is 1.97 bits per heavy atom. The fourth-order valence-corrected chi connectivity index (χ4v) is 3.13. The maximum absolute atomic E-state index is 13.1. The third-order valence-electron chi connectivity index (χ3n) is 4.62. The molecule has 0 fully saturated rings. The predicted octanol–water partition coefficient (Wildman–Crippen LogP) is 3.35. The summed E-state index contributed by atoms with van der Waals surface area (Å²) >= 11 is 0. The zero-order valence-corrected chi connectivity index (χ0v) is 17.8. The molecule has 0 atom stereocenters. The first-order valence-electron chi connectivity index (χ1n) is 9.78. The number of ether oxygens (including phenoxy) is 1. The highest BCUT2D eigenvalue weighted by Crippen LogP contribution is 2.15. The molecule has 1 aromatic heterocycles. The molecule has 0 spiro atoms. The molecule has 29 heavy (non-hydrogen) atoms. The Labute approximate surface area is 173 Å². The molecule has 0 aliphatic carbocycles. The van der Waals surface area contributed by atoms with Crippen LogP contribution in [0, 0.1) is 5.92 Å². The summed E-state index contributed by atoms with van der Waals surface area (Å²) in [4.78, 5) is 29.5. The molecule has 1 heterocycles. The number of carbonyl (C=O) groups excluding carboxylic acids is 2. The van der Waals surface area contributed by atoms with Gasteiger partial charge in [-0.3, -0.25) is 9.59 Å². The van der Waals surface area contributed by atoms with Gasteiger partial charge in [-0.2, -0.15) is 0 Å². The molecule has 0 N–H and O–H groups in total. The van der Waals surface area contributed by atoms with Crippen molar-refractivity contribution in [1.82, 2.24) is 14.4 Å². The van der Waals surface area contributed by atoms with Crippen LogP contribution in [0.1, 0.15) is 29.9 Å². The van der Waals surface area contributed by atoms with Crippen molar-refractivity contribution in [3.05, 3.63) is 66.5 Å². The number of rotatable bonds is 10. The Bertz CT molecular complexity index is 841. The van der Waals surface area contributed by atoms with E-state index in [1.807, 2.05) is 34.8 Å². The van der Waals surface area contributed by atoms with Crippen LogP contribution in [0.5, 0.6) is 5.75 Å². The summed E-state index contributed by atoms with van der Waals surface area (Å²) < 4.78 is 7.21. The van der Waals surface area contributed by atoms with Gasteiger partial charge >= 0.3 is 0 Å². The van der Waals surface area contributed by atoms with E-state index in [-0.39, 0.29) is 18.4 Å². The number of hydrogen-bond donors (Lipinski definition) is 0. The third kappa shape index (κ3) is 6.24. The molecule has 1 aromatic carbocycles. The summed E-state index contributed by atoms with van der Waals surface area (Å²) in [5, 5.41) is 0. The van der Waals surface area contributed by atoms with Crippen LogP contribution in [0.2, 0.25) is 0 Å². The number of aromatic nitrogens is 1. The van der Waals surface area contributed by atoms with Gasteiger partial charge in [0.25, 0.3) is 5.91 Å². The average molecular weight is 398 g/mol. The maximum atomic E-state index is 13.1. The van der Waals surface area contributed by atoms with E-state index in [0.717, 1.165) is 5.69 Å². The fraction of sp³-hybridized carbons (Fsp3) is 0.391. The number of aryl methyl sites for hydroxylation is 1. The van der Waals surface area contributed by atoms with Gasteiger partial charge in [-0.15, -0.1) is 6.58 Å². The quantitative estimate of drug-likeness (QED) is 0.578. The van der Waals surface area contributed by atoms with Crippen molar-refractivity contribution in [3.8, 4) is 5.75 Å². The van der Waals surface area contributed by atoms with Gasteiger partial charge in [-0.25, -0.2) is 0 Å². The van der Waals surface area contributed by atoms with E-state index < -0.39 is 0 Å². The highest BCUT2D eigenvalue weighted by molar-refractivity contribution is 5.97. The molecule has 6 nitrogen and oxygen atoms in total. The highest BCUT2D eigenvalue weighted by Gasteiger charge is 2.23. The topological polar surface area (TPSA) is 54.8 Å². The minimum atomic E-state index is -0.222. The number of carbonyl (C=O) groups is 2. The molecule has 0 unspecified atom stereocenters. The van der Waals surface area contributed by atoms with Gasteiger partial charge in [0.1, 0.15) is 12.3 Å². The Morgan fingerprint density at radius 3 is 2.55 bits per heavy atom. The molecule has 6 heteroatoms. The molecule has 0 saturated heterocycles. The van der Waals surface area contributed by atoms with E-state index in [1.165, 1.54) is 4.90 Å². The normalized spacial score (nSPS) is 10.7.